The van der Waals surface area contributed by atoms with Crippen LogP contribution in [0, 0.1) is 11.8 Å². The Morgan fingerprint density at radius 1 is 1.35 bits per heavy atom. The van der Waals surface area contributed by atoms with Gasteiger partial charge in [-0.2, -0.15) is 0 Å². The summed E-state index contributed by atoms with van der Waals surface area (Å²) in [6.07, 6.45) is 4.88. The Morgan fingerprint density at radius 2 is 2.05 bits per heavy atom. The van der Waals surface area contributed by atoms with Gasteiger partial charge in [-0.15, -0.1) is 0 Å². The highest BCUT2D eigenvalue weighted by Crippen LogP contribution is 2.31. The van der Waals surface area contributed by atoms with Crippen LogP contribution >= 0.6 is 27.5 Å². The maximum Gasteiger partial charge on any atom is 0.255 e. The smallest absolute Gasteiger partial charge is 0.255 e. The maximum absolute atomic E-state index is 12.1. The number of aromatic hydroxyl groups is 1. The van der Waals surface area contributed by atoms with E-state index in [1.807, 2.05) is 0 Å². The lowest BCUT2D eigenvalue weighted by Gasteiger charge is -2.30. The molecule has 0 aromatic heterocycles. The predicted molar refractivity (Wildman–Crippen MR) is 84.7 cm³/mol. The van der Waals surface area contributed by atoms with Gasteiger partial charge in [-0.1, -0.05) is 40.4 Å². The number of halogens is 2. The van der Waals surface area contributed by atoms with Gasteiger partial charge in [-0.3, -0.25) is 4.79 Å². The second-order valence-electron chi connectivity index (χ2n) is 5.33. The molecule has 0 saturated heterocycles. The van der Waals surface area contributed by atoms with E-state index in [9.17, 15) is 9.90 Å². The maximum atomic E-state index is 12.1. The van der Waals surface area contributed by atoms with Crippen molar-refractivity contribution in [2.45, 2.75) is 25.7 Å². The molecule has 0 aliphatic heterocycles. The van der Waals surface area contributed by atoms with E-state index in [1.165, 1.54) is 25.3 Å². The molecule has 0 radical (unpaired) electrons. The van der Waals surface area contributed by atoms with Crippen molar-refractivity contribution in [2.24, 2.45) is 11.8 Å². The number of benzene rings is 1. The molecule has 1 fully saturated rings. The summed E-state index contributed by atoms with van der Waals surface area (Å²) in [5.74, 6) is 0.832. The number of alkyl halides is 1. The zero-order chi connectivity index (χ0) is 14.5. The first-order valence-corrected chi connectivity index (χ1v) is 8.44. The number of carbonyl (C=O) groups excluding carboxylic acids is 1. The van der Waals surface area contributed by atoms with Gasteiger partial charge in [0.05, 0.1) is 5.56 Å². The average Bonchev–Trinajstić information content (AvgIpc) is 2.45. The molecule has 2 unspecified atom stereocenters. The van der Waals surface area contributed by atoms with Gasteiger partial charge in [0.25, 0.3) is 5.91 Å². The quantitative estimate of drug-likeness (QED) is 0.798. The molecule has 1 aromatic rings. The molecule has 1 aliphatic rings. The standard InChI is InChI=1S/C15H19BrClNO2/c16-8-10-3-1-2-4-11(10)9-18-15(20)13-6-5-12(17)7-14(13)19/h5-7,10-11,19H,1-4,8-9H2,(H,18,20). The second-order valence-corrected chi connectivity index (χ2v) is 6.41. The Labute approximate surface area is 132 Å². The van der Waals surface area contributed by atoms with Crippen molar-refractivity contribution >= 4 is 33.4 Å². The summed E-state index contributed by atoms with van der Waals surface area (Å²) < 4.78 is 0. The van der Waals surface area contributed by atoms with Crippen LogP contribution in [-0.4, -0.2) is 22.9 Å². The van der Waals surface area contributed by atoms with Gasteiger partial charge in [-0.05, 0) is 42.9 Å². The largest absolute Gasteiger partial charge is 0.507 e. The van der Waals surface area contributed by atoms with Gasteiger partial charge in [0.2, 0.25) is 0 Å². The second kappa shape index (κ2) is 7.32. The van der Waals surface area contributed by atoms with Gasteiger partial charge in [0, 0.05) is 16.9 Å². The Balaban J connectivity index is 1.94. The van der Waals surface area contributed by atoms with Gasteiger partial charge >= 0.3 is 0 Å². The van der Waals surface area contributed by atoms with Crippen molar-refractivity contribution in [3.05, 3.63) is 28.8 Å². The number of hydrogen-bond acceptors (Lipinski definition) is 2. The molecule has 0 bridgehead atoms. The number of rotatable bonds is 4. The van der Waals surface area contributed by atoms with E-state index in [-0.39, 0.29) is 17.2 Å². The highest BCUT2D eigenvalue weighted by atomic mass is 79.9. The fraction of sp³-hybridized carbons (Fsp3) is 0.533. The Kier molecular flexibility index (Phi) is 5.73. The molecule has 1 saturated carbocycles. The summed E-state index contributed by atoms with van der Waals surface area (Å²) in [6.45, 7) is 0.664. The summed E-state index contributed by atoms with van der Waals surface area (Å²) in [7, 11) is 0. The topological polar surface area (TPSA) is 49.3 Å². The SMILES string of the molecule is O=C(NCC1CCCCC1CBr)c1ccc(Cl)cc1O. The number of hydrogen-bond donors (Lipinski definition) is 2. The monoisotopic (exact) mass is 359 g/mol. The molecule has 0 spiro atoms. The minimum absolute atomic E-state index is 0.0734. The lowest BCUT2D eigenvalue weighted by Crippen LogP contribution is -2.34. The van der Waals surface area contributed by atoms with Gasteiger partial charge < -0.3 is 10.4 Å². The third kappa shape index (κ3) is 3.89. The lowest BCUT2D eigenvalue weighted by atomic mass is 9.80. The molecule has 5 heteroatoms. The Morgan fingerprint density at radius 3 is 2.70 bits per heavy atom. The van der Waals surface area contributed by atoms with E-state index in [0.717, 1.165) is 11.8 Å². The zero-order valence-corrected chi connectivity index (χ0v) is 13.6. The van der Waals surface area contributed by atoms with Crippen molar-refractivity contribution in [2.75, 3.05) is 11.9 Å². The van der Waals surface area contributed by atoms with Gasteiger partial charge in [0.1, 0.15) is 5.75 Å². The Bertz CT molecular complexity index is 481. The van der Waals surface area contributed by atoms with Crippen LogP contribution in [0.3, 0.4) is 0 Å². The minimum atomic E-state index is -0.238. The highest BCUT2D eigenvalue weighted by molar-refractivity contribution is 9.09. The summed E-state index contributed by atoms with van der Waals surface area (Å²) in [4.78, 5) is 12.1. The van der Waals surface area contributed by atoms with E-state index >= 15 is 0 Å². The van der Waals surface area contributed by atoms with Crippen LogP contribution in [0.25, 0.3) is 0 Å². The third-order valence-corrected chi connectivity index (χ3v) is 5.06. The molecule has 20 heavy (non-hydrogen) atoms. The lowest BCUT2D eigenvalue weighted by molar-refractivity contribution is 0.0934. The fourth-order valence-corrected chi connectivity index (χ4v) is 3.79. The van der Waals surface area contributed by atoms with E-state index in [1.54, 1.807) is 12.1 Å². The predicted octanol–water partition coefficient (Wildman–Crippen LogP) is 3.98. The first-order valence-electron chi connectivity index (χ1n) is 6.94. The molecule has 2 rings (SSSR count). The zero-order valence-electron chi connectivity index (χ0n) is 11.2. The van der Waals surface area contributed by atoms with Crippen molar-refractivity contribution in [3.8, 4) is 5.75 Å². The van der Waals surface area contributed by atoms with Gasteiger partial charge in [-0.25, -0.2) is 0 Å². The highest BCUT2D eigenvalue weighted by Gasteiger charge is 2.24. The molecule has 2 atom stereocenters. The van der Waals surface area contributed by atoms with Crippen LogP contribution in [0.2, 0.25) is 5.02 Å². The fourth-order valence-electron chi connectivity index (χ4n) is 2.77. The average molecular weight is 361 g/mol. The number of phenols is 1. The van der Waals surface area contributed by atoms with Crippen LogP contribution in [0.4, 0.5) is 0 Å². The summed E-state index contributed by atoms with van der Waals surface area (Å²) in [5, 5.41) is 14.1. The first kappa shape index (κ1) is 15.6. The molecule has 1 amide bonds. The third-order valence-electron chi connectivity index (χ3n) is 3.99. The number of carbonyl (C=O) groups is 1. The molecular formula is C15H19BrClNO2. The normalized spacial score (nSPS) is 22.5. The van der Waals surface area contributed by atoms with Gasteiger partial charge in [0.15, 0.2) is 0 Å². The molecule has 3 nitrogen and oxygen atoms in total. The minimum Gasteiger partial charge on any atom is -0.507 e. The molecular weight excluding hydrogens is 342 g/mol. The van der Waals surface area contributed by atoms with Crippen molar-refractivity contribution < 1.29 is 9.90 Å². The van der Waals surface area contributed by atoms with Crippen LogP contribution in [0.15, 0.2) is 18.2 Å². The molecule has 2 N–H and O–H groups in total. The summed E-state index contributed by atoms with van der Waals surface area (Å²) in [6, 6.07) is 4.55. The van der Waals surface area contributed by atoms with E-state index in [2.05, 4.69) is 21.2 Å². The number of nitrogens with one attached hydrogen (secondary N) is 1. The number of phenolic OH excluding ortho intramolecular Hbond substituents is 1. The molecule has 0 heterocycles. The summed E-state index contributed by atoms with van der Waals surface area (Å²) in [5.41, 5.74) is 0.278. The Hall–Kier alpha value is -0.740. The van der Waals surface area contributed by atoms with E-state index < -0.39 is 0 Å². The van der Waals surface area contributed by atoms with E-state index in [0.29, 0.717) is 23.4 Å². The number of amides is 1. The van der Waals surface area contributed by atoms with Crippen molar-refractivity contribution in [1.29, 1.82) is 0 Å². The van der Waals surface area contributed by atoms with Crippen LogP contribution in [-0.2, 0) is 0 Å². The molecule has 1 aliphatic carbocycles. The van der Waals surface area contributed by atoms with Crippen LogP contribution < -0.4 is 5.32 Å². The molecule has 110 valence electrons. The van der Waals surface area contributed by atoms with Crippen molar-refractivity contribution in [1.82, 2.24) is 5.32 Å². The van der Waals surface area contributed by atoms with Crippen molar-refractivity contribution in [3.63, 3.8) is 0 Å². The first-order chi connectivity index (χ1) is 9.61. The molecule has 1 aromatic carbocycles. The van der Waals surface area contributed by atoms with E-state index in [4.69, 9.17) is 11.6 Å². The summed E-state index contributed by atoms with van der Waals surface area (Å²) >= 11 is 9.32. The van der Waals surface area contributed by atoms with Crippen LogP contribution in [0.5, 0.6) is 5.75 Å². The van der Waals surface area contributed by atoms with Crippen LogP contribution in [0.1, 0.15) is 36.0 Å².